The van der Waals surface area contributed by atoms with Gasteiger partial charge in [0.1, 0.15) is 5.75 Å². The van der Waals surface area contributed by atoms with E-state index < -0.39 is 0 Å². The Morgan fingerprint density at radius 2 is 1.86 bits per heavy atom. The van der Waals surface area contributed by atoms with Crippen LogP contribution in [0.3, 0.4) is 0 Å². The highest BCUT2D eigenvalue weighted by molar-refractivity contribution is 6.33. The third-order valence-corrected chi connectivity index (χ3v) is 5.25. The van der Waals surface area contributed by atoms with Crippen LogP contribution >= 0.6 is 11.6 Å². The quantitative estimate of drug-likeness (QED) is 0.627. The maximum absolute atomic E-state index is 13.3. The van der Waals surface area contributed by atoms with E-state index in [0.29, 0.717) is 16.4 Å². The molecule has 2 heterocycles. The van der Waals surface area contributed by atoms with Crippen molar-refractivity contribution in [2.45, 2.75) is 51.7 Å². The molecule has 1 saturated carbocycles. The van der Waals surface area contributed by atoms with Crippen molar-refractivity contribution in [3.05, 3.63) is 58.2 Å². The Labute approximate surface area is 168 Å². The first kappa shape index (κ1) is 18.7. The molecule has 1 aliphatic carbocycles. The summed E-state index contributed by atoms with van der Waals surface area (Å²) in [7, 11) is 0. The van der Waals surface area contributed by atoms with Crippen LogP contribution in [0.1, 0.15) is 45.6 Å². The van der Waals surface area contributed by atoms with E-state index in [1.54, 1.807) is 27.7 Å². The third kappa shape index (κ3) is 3.56. The van der Waals surface area contributed by atoms with Crippen LogP contribution in [0, 0.1) is 0 Å². The summed E-state index contributed by atoms with van der Waals surface area (Å²) in [6.07, 6.45) is 7.50. The van der Waals surface area contributed by atoms with Crippen LogP contribution in [0.15, 0.2) is 47.5 Å². The molecule has 1 aromatic carbocycles. The summed E-state index contributed by atoms with van der Waals surface area (Å²) in [5.74, 6) is 1.29. The zero-order valence-corrected chi connectivity index (χ0v) is 16.8. The number of aromatic nitrogens is 4. The van der Waals surface area contributed by atoms with Crippen molar-refractivity contribution in [3.63, 3.8) is 0 Å². The van der Waals surface area contributed by atoms with Gasteiger partial charge in [0.05, 0.1) is 22.9 Å². The van der Waals surface area contributed by atoms with E-state index >= 15 is 0 Å². The summed E-state index contributed by atoms with van der Waals surface area (Å²) < 4.78 is 8.96. The molecule has 0 aliphatic heterocycles. The Bertz CT molecular complexity index is 1020. The van der Waals surface area contributed by atoms with Gasteiger partial charge in [-0.05, 0) is 57.0 Å². The van der Waals surface area contributed by atoms with Gasteiger partial charge in [-0.1, -0.05) is 24.4 Å². The predicted molar refractivity (Wildman–Crippen MR) is 109 cm³/mol. The molecular formula is C21H23ClN4O2. The van der Waals surface area contributed by atoms with E-state index in [-0.39, 0.29) is 17.8 Å². The monoisotopic (exact) mass is 398 g/mol. The van der Waals surface area contributed by atoms with Crippen LogP contribution in [0.2, 0.25) is 5.02 Å². The maximum atomic E-state index is 13.3. The highest BCUT2D eigenvalue weighted by Gasteiger charge is 2.25. The SMILES string of the molecule is CC(C)Oc1ccc(-n2c(-c3ccncc3Cl)nn(C3CCCC3)c2=O)cc1. The molecule has 28 heavy (non-hydrogen) atoms. The minimum absolute atomic E-state index is 0.0878. The van der Waals surface area contributed by atoms with E-state index in [1.807, 2.05) is 38.1 Å². The lowest BCUT2D eigenvalue weighted by Crippen LogP contribution is -2.26. The van der Waals surface area contributed by atoms with Gasteiger partial charge in [0, 0.05) is 18.0 Å². The van der Waals surface area contributed by atoms with Gasteiger partial charge in [0.15, 0.2) is 5.82 Å². The van der Waals surface area contributed by atoms with Crippen molar-refractivity contribution in [1.82, 2.24) is 19.3 Å². The third-order valence-electron chi connectivity index (χ3n) is 4.95. The minimum atomic E-state index is -0.146. The molecule has 146 valence electrons. The Kier molecular flexibility index (Phi) is 5.22. The average molecular weight is 399 g/mol. The van der Waals surface area contributed by atoms with Crippen molar-refractivity contribution in [2.24, 2.45) is 0 Å². The van der Waals surface area contributed by atoms with Gasteiger partial charge in [-0.3, -0.25) is 4.98 Å². The standard InChI is InChI=1S/C21H23ClN4O2/c1-14(2)28-17-9-7-15(8-10-17)25-20(18-11-12-23-13-19(18)22)24-26(21(25)27)16-5-3-4-6-16/h7-14,16H,3-6H2,1-2H3. The van der Waals surface area contributed by atoms with Crippen LogP contribution in [0.5, 0.6) is 5.75 Å². The molecule has 0 bridgehead atoms. The summed E-state index contributed by atoms with van der Waals surface area (Å²) in [5, 5.41) is 5.16. The highest BCUT2D eigenvalue weighted by Crippen LogP contribution is 2.31. The summed E-state index contributed by atoms with van der Waals surface area (Å²) in [6.45, 7) is 3.96. The number of hydrogen-bond acceptors (Lipinski definition) is 4. The van der Waals surface area contributed by atoms with E-state index in [9.17, 15) is 4.79 Å². The van der Waals surface area contributed by atoms with Gasteiger partial charge in [0.25, 0.3) is 0 Å². The molecule has 0 spiro atoms. The molecule has 0 atom stereocenters. The zero-order chi connectivity index (χ0) is 19.7. The lowest BCUT2D eigenvalue weighted by atomic mass is 10.2. The molecule has 0 N–H and O–H groups in total. The first-order chi connectivity index (χ1) is 13.5. The number of hydrogen-bond donors (Lipinski definition) is 0. The summed E-state index contributed by atoms with van der Waals surface area (Å²) >= 11 is 6.37. The van der Waals surface area contributed by atoms with E-state index in [2.05, 4.69) is 4.98 Å². The molecule has 6 nitrogen and oxygen atoms in total. The van der Waals surface area contributed by atoms with Crippen molar-refractivity contribution < 1.29 is 4.74 Å². The summed E-state index contributed by atoms with van der Waals surface area (Å²) in [5.41, 5.74) is 1.27. The van der Waals surface area contributed by atoms with Gasteiger partial charge < -0.3 is 4.74 Å². The lowest BCUT2D eigenvalue weighted by molar-refractivity contribution is 0.242. The number of halogens is 1. The second kappa shape index (κ2) is 7.80. The van der Waals surface area contributed by atoms with Gasteiger partial charge in [-0.2, -0.15) is 0 Å². The van der Waals surface area contributed by atoms with Gasteiger partial charge >= 0.3 is 5.69 Å². The van der Waals surface area contributed by atoms with Gasteiger partial charge in [-0.25, -0.2) is 14.0 Å². The minimum Gasteiger partial charge on any atom is -0.491 e. The van der Waals surface area contributed by atoms with Crippen molar-refractivity contribution in [1.29, 1.82) is 0 Å². The second-order valence-corrected chi connectivity index (χ2v) is 7.75. The van der Waals surface area contributed by atoms with E-state index in [1.165, 1.54) is 0 Å². The Morgan fingerprint density at radius 1 is 1.14 bits per heavy atom. The Morgan fingerprint density at radius 3 is 2.50 bits per heavy atom. The normalized spacial score (nSPS) is 14.7. The molecule has 0 unspecified atom stereocenters. The smallest absolute Gasteiger partial charge is 0.351 e. The summed E-state index contributed by atoms with van der Waals surface area (Å²) in [4.78, 5) is 17.3. The van der Waals surface area contributed by atoms with Gasteiger partial charge in [-0.15, -0.1) is 5.10 Å². The molecular weight excluding hydrogens is 376 g/mol. The fourth-order valence-corrected chi connectivity index (χ4v) is 3.88. The van der Waals surface area contributed by atoms with Gasteiger partial charge in [0.2, 0.25) is 0 Å². The molecule has 7 heteroatoms. The van der Waals surface area contributed by atoms with Crippen molar-refractivity contribution >= 4 is 11.6 Å². The maximum Gasteiger partial charge on any atom is 0.351 e. The predicted octanol–water partition coefficient (Wildman–Crippen LogP) is 4.65. The Hall–Kier alpha value is -2.60. The number of rotatable bonds is 5. The number of nitrogens with zero attached hydrogens (tertiary/aromatic N) is 4. The largest absolute Gasteiger partial charge is 0.491 e. The number of benzene rings is 1. The van der Waals surface area contributed by atoms with Crippen LogP contribution in [-0.2, 0) is 0 Å². The second-order valence-electron chi connectivity index (χ2n) is 7.34. The molecule has 2 aromatic heterocycles. The fourth-order valence-electron chi connectivity index (χ4n) is 3.68. The van der Waals surface area contributed by atoms with Crippen molar-refractivity contribution in [3.8, 4) is 22.8 Å². The molecule has 0 radical (unpaired) electrons. The molecule has 0 saturated heterocycles. The molecule has 4 rings (SSSR count). The Balaban J connectivity index is 1.85. The topological polar surface area (TPSA) is 61.9 Å². The fraction of sp³-hybridized carbons (Fsp3) is 0.381. The van der Waals surface area contributed by atoms with Crippen LogP contribution in [0.25, 0.3) is 17.1 Å². The van der Waals surface area contributed by atoms with Crippen LogP contribution < -0.4 is 10.4 Å². The zero-order valence-electron chi connectivity index (χ0n) is 16.0. The molecule has 0 amide bonds. The number of ether oxygens (including phenoxy) is 1. The van der Waals surface area contributed by atoms with E-state index in [0.717, 1.165) is 37.1 Å². The van der Waals surface area contributed by atoms with E-state index in [4.69, 9.17) is 21.4 Å². The number of pyridine rings is 1. The lowest BCUT2D eigenvalue weighted by Gasteiger charge is -2.11. The highest BCUT2D eigenvalue weighted by atomic mass is 35.5. The van der Waals surface area contributed by atoms with Crippen LogP contribution in [-0.4, -0.2) is 25.4 Å². The van der Waals surface area contributed by atoms with Crippen LogP contribution in [0.4, 0.5) is 0 Å². The molecule has 1 fully saturated rings. The molecule has 1 aliphatic rings. The first-order valence-electron chi connectivity index (χ1n) is 9.63. The molecule has 3 aromatic rings. The average Bonchev–Trinajstić information content (AvgIpc) is 3.30. The first-order valence-corrected chi connectivity index (χ1v) is 10.0. The van der Waals surface area contributed by atoms with Crippen molar-refractivity contribution in [2.75, 3.05) is 0 Å². The summed E-state index contributed by atoms with van der Waals surface area (Å²) in [6, 6.07) is 9.41.